The highest BCUT2D eigenvalue weighted by Gasteiger charge is 2.65. The van der Waals surface area contributed by atoms with E-state index in [-0.39, 0.29) is 24.3 Å². The van der Waals surface area contributed by atoms with Crippen LogP contribution in [-0.4, -0.2) is 24.6 Å². The minimum absolute atomic E-state index is 0.00826. The van der Waals surface area contributed by atoms with Crippen LogP contribution >= 0.6 is 0 Å². The molecular weight excluding hydrogens is 271 g/mol. The number of nitrogens with two attached hydrogens (primary N) is 1. The van der Waals surface area contributed by atoms with Crippen LogP contribution in [0.15, 0.2) is 18.2 Å². The number of rotatable bonds is 1. The van der Waals surface area contributed by atoms with Crippen LogP contribution in [0.2, 0.25) is 0 Å². The lowest BCUT2D eigenvalue weighted by Crippen LogP contribution is -2.51. The average molecular weight is 280 g/mol. The number of amides is 1. The molecule has 3 nitrogen and oxygen atoms in total. The molecule has 1 aromatic carbocycles. The molecule has 0 fully saturated rings. The molecule has 1 aliphatic rings. The number of hydrogen-bond donors (Lipinski definition) is 1. The third-order valence-corrected chi connectivity index (χ3v) is 2.87. The second-order valence-corrected chi connectivity index (χ2v) is 4.17. The van der Waals surface area contributed by atoms with Crippen molar-refractivity contribution in [3.8, 4) is 0 Å². The van der Waals surface area contributed by atoms with Gasteiger partial charge in [-0.25, -0.2) is 0 Å². The molecule has 1 aliphatic heterocycles. The molecule has 19 heavy (non-hydrogen) atoms. The van der Waals surface area contributed by atoms with Gasteiger partial charge in [-0.15, -0.1) is 0 Å². The van der Waals surface area contributed by atoms with Crippen molar-refractivity contribution in [3.05, 3.63) is 23.8 Å². The largest absolute Gasteiger partial charge is 0.463 e. The van der Waals surface area contributed by atoms with Crippen LogP contribution in [0.1, 0.15) is 5.56 Å². The Morgan fingerprint density at radius 3 is 2.42 bits per heavy atom. The van der Waals surface area contributed by atoms with Gasteiger partial charge in [-0.2, -0.15) is 22.0 Å². The summed E-state index contributed by atoms with van der Waals surface area (Å²) in [6.45, 7) is -0.219. The monoisotopic (exact) mass is 280 g/mol. The van der Waals surface area contributed by atoms with Gasteiger partial charge in [-0.05, 0) is 24.1 Å². The summed E-state index contributed by atoms with van der Waals surface area (Å²) in [6.07, 6.45) is -5.69. The van der Waals surface area contributed by atoms with E-state index < -0.39 is 18.0 Å². The normalized spacial score (nSPS) is 15.5. The molecule has 1 heterocycles. The molecule has 0 bridgehead atoms. The fourth-order valence-electron chi connectivity index (χ4n) is 1.90. The maximum Gasteiger partial charge on any atom is 0.463 e. The van der Waals surface area contributed by atoms with Crippen LogP contribution in [0.3, 0.4) is 0 Å². The Morgan fingerprint density at radius 2 is 1.84 bits per heavy atom. The van der Waals surface area contributed by atoms with Gasteiger partial charge in [0.25, 0.3) is 0 Å². The number of benzene rings is 1. The van der Waals surface area contributed by atoms with Crippen LogP contribution in [0.5, 0.6) is 0 Å². The van der Waals surface area contributed by atoms with Gasteiger partial charge >= 0.3 is 18.0 Å². The molecule has 0 aliphatic carbocycles. The minimum atomic E-state index is -5.91. The Morgan fingerprint density at radius 1 is 1.21 bits per heavy atom. The van der Waals surface area contributed by atoms with Gasteiger partial charge in [-0.1, -0.05) is 6.07 Å². The molecule has 1 aromatic rings. The molecule has 0 aromatic heterocycles. The second kappa shape index (κ2) is 4.07. The summed E-state index contributed by atoms with van der Waals surface area (Å²) in [5, 5.41) is 0. The van der Waals surface area contributed by atoms with E-state index >= 15 is 0 Å². The van der Waals surface area contributed by atoms with Crippen LogP contribution in [0, 0.1) is 0 Å². The van der Waals surface area contributed by atoms with Crippen molar-refractivity contribution in [2.45, 2.75) is 18.5 Å². The number of alkyl halides is 5. The predicted octanol–water partition coefficient (Wildman–Crippen LogP) is 2.36. The minimum Gasteiger partial charge on any atom is -0.399 e. The van der Waals surface area contributed by atoms with E-state index in [1.54, 1.807) is 0 Å². The number of halogens is 5. The standard InChI is InChI=1S/C11H9F5N2O/c12-10(13,11(14,15)16)9(19)18-4-3-6-1-2-7(17)5-8(6)18/h1-2,5H,3-4,17H2. The molecule has 2 N–H and O–H groups in total. The van der Waals surface area contributed by atoms with Gasteiger partial charge in [0.15, 0.2) is 0 Å². The SMILES string of the molecule is Nc1ccc2c(c1)N(C(=O)C(F)(F)C(F)(F)F)CC2. The van der Waals surface area contributed by atoms with Crippen molar-refractivity contribution in [3.63, 3.8) is 0 Å². The first-order valence-electron chi connectivity index (χ1n) is 5.29. The lowest BCUT2D eigenvalue weighted by Gasteiger charge is -2.25. The van der Waals surface area contributed by atoms with Gasteiger partial charge in [-0.3, -0.25) is 4.79 Å². The topological polar surface area (TPSA) is 46.3 Å². The van der Waals surface area contributed by atoms with Crippen molar-refractivity contribution < 1.29 is 26.7 Å². The zero-order valence-corrected chi connectivity index (χ0v) is 9.47. The highest BCUT2D eigenvalue weighted by molar-refractivity contribution is 6.01. The predicted molar refractivity (Wildman–Crippen MR) is 57.9 cm³/mol. The van der Waals surface area contributed by atoms with E-state index in [2.05, 4.69) is 0 Å². The van der Waals surface area contributed by atoms with Crippen molar-refractivity contribution >= 4 is 17.3 Å². The summed E-state index contributed by atoms with van der Waals surface area (Å²) < 4.78 is 62.6. The van der Waals surface area contributed by atoms with Crippen molar-refractivity contribution in [1.82, 2.24) is 0 Å². The zero-order chi connectivity index (χ0) is 14.4. The van der Waals surface area contributed by atoms with Gasteiger partial charge in [0.1, 0.15) is 0 Å². The maximum absolute atomic E-state index is 13.0. The zero-order valence-electron chi connectivity index (χ0n) is 9.47. The van der Waals surface area contributed by atoms with E-state index in [9.17, 15) is 26.7 Å². The molecule has 8 heteroatoms. The highest BCUT2D eigenvalue weighted by Crippen LogP contribution is 2.40. The summed E-state index contributed by atoms with van der Waals surface area (Å²) in [6, 6.07) is 4.21. The summed E-state index contributed by atoms with van der Waals surface area (Å²) in [4.78, 5) is 11.8. The number of nitrogens with zero attached hydrogens (tertiary/aromatic N) is 1. The first kappa shape index (κ1) is 13.6. The van der Waals surface area contributed by atoms with E-state index in [4.69, 9.17) is 5.73 Å². The van der Waals surface area contributed by atoms with Crippen LogP contribution in [0.4, 0.5) is 33.3 Å². The van der Waals surface area contributed by atoms with Crippen molar-refractivity contribution in [2.75, 3.05) is 17.2 Å². The van der Waals surface area contributed by atoms with Crippen molar-refractivity contribution in [1.29, 1.82) is 0 Å². The summed E-state index contributed by atoms with van der Waals surface area (Å²) in [5.74, 6) is -7.68. The molecule has 104 valence electrons. The second-order valence-electron chi connectivity index (χ2n) is 4.17. The fourth-order valence-corrected chi connectivity index (χ4v) is 1.90. The van der Waals surface area contributed by atoms with E-state index in [1.165, 1.54) is 18.2 Å². The Kier molecular flexibility index (Phi) is 2.91. The third-order valence-electron chi connectivity index (χ3n) is 2.87. The quantitative estimate of drug-likeness (QED) is 0.634. The highest BCUT2D eigenvalue weighted by atomic mass is 19.4. The first-order chi connectivity index (χ1) is 8.64. The molecule has 2 rings (SSSR count). The average Bonchev–Trinajstić information content (AvgIpc) is 2.69. The van der Waals surface area contributed by atoms with Gasteiger partial charge < -0.3 is 10.6 Å². The van der Waals surface area contributed by atoms with Crippen LogP contribution in [-0.2, 0) is 11.2 Å². The van der Waals surface area contributed by atoms with E-state index in [1.807, 2.05) is 0 Å². The third kappa shape index (κ3) is 2.11. The molecule has 0 spiro atoms. The summed E-state index contributed by atoms with van der Waals surface area (Å²) >= 11 is 0. The number of fused-ring (bicyclic) bond motifs is 1. The van der Waals surface area contributed by atoms with Gasteiger partial charge in [0.2, 0.25) is 0 Å². The van der Waals surface area contributed by atoms with Gasteiger partial charge in [0, 0.05) is 17.9 Å². The Hall–Kier alpha value is -1.86. The lowest BCUT2D eigenvalue weighted by molar-refractivity contribution is -0.268. The first-order valence-corrected chi connectivity index (χ1v) is 5.29. The molecule has 0 atom stereocenters. The molecule has 0 saturated carbocycles. The molecular formula is C11H9F5N2O. The maximum atomic E-state index is 13.0. The van der Waals surface area contributed by atoms with Crippen molar-refractivity contribution in [2.24, 2.45) is 0 Å². The molecule has 1 amide bonds. The van der Waals surface area contributed by atoms with E-state index in [0.717, 1.165) is 0 Å². The number of carbonyl (C=O) groups excluding carboxylic acids is 1. The molecule has 0 unspecified atom stereocenters. The number of anilines is 2. The van der Waals surface area contributed by atoms with Gasteiger partial charge in [0.05, 0.1) is 0 Å². The number of nitrogen functional groups attached to an aromatic ring is 1. The molecule has 0 radical (unpaired) electrons. The summed E-state index contributed by atoms with van der Waals surface area (Å²) in [7, 11) is 0. The Bertz CT molecular complexity index is 526. The Labute approximate surface area is 104 Å². The number of carbonyl (C=O) groups is 1. The Balaban J connectivity index is 2.37. The number of hydrogen-bond acceptors (Lipinski definition) is 2. The smallest absolute Gasteiger partial charge is 0.399 e. The van der Waals surface area contributed by atoms with Crippen LogP contribution < -0.4 is 10.6 Å². The fraction of sp³-hybridized carbons (Fsp3) is 0.364. The van der Waals surface area contributed by atoms with E-state index in [0.29, 0.717) is 10.5 Å². The lowest BCUT2D eigenvalue weighted by atomic mass is 10.1. The molecule has 0 saturated heterocycles. The summed E-state index contributed by atoms with van der Waals surface area (Å²) in [5.41, 5.74) is 6.15. The van der Waals surface area contributed by atoms with Crippen LogP contribution in [0.25, 0.3) is 0 Å².